The molecule has 9 heteroatoms. The van der Waals surface area contributed by atoms with E-state index in [1.807, 2.05) is 24.0 Å². The SMILES string of the molecule is CCn1cc(CN2CCO[C@]3(CO[C@H](C(=O)NCc4cc(F)cc(F)c4)C3)C2)cn1. The van der Waals surface area contributed by atoms with Crippen LogP contribution in [0, 0.1) is 11.6 Å². The van der Waals surface area contributed by atoms with Gasteiger partial charge >= 0.3 is 0 Å². The number of aromatic nitrogens is 2. The van der Waals surface area contributed by atoms with E-state index in [1.54, 1.807) is 0 Å². The molecule has 4 rings (SSSR count). The van der Waals surface area contributed by atoms with Gasteiger partial charge in [0.25, 0.3) is 0 Å². The molecule has 0 saturated carbocycles. The Labute approximate surface area is 173 Å². The zero-order valence-electron chi connectivity index (χ0n) is 16.9. The molecule has 1 amide bonds. The number of aryl methyl sites for hydroxylation is 1. The summed E-state index contributed by atoms with van der Waals surface area (Å²) in [4.78, 5) is 14.8. The molecule has 0 bridgehead atoms. The molecular weight excluding hydrogens is 394 g/mol. The predicted molar refractivity (Wildman–Crippen MR) is 104 cm³/mol. The highest BCUT2D eigenvalue weighted by molar-refractivity contribution is 5.81. The maximum Gasteiger partial charge on any atom is 0.249 e. The fraction of sp³-hybridized carbons (Fsp3) is 0.524. The lowest BCUT2D eigenvalue weighted by Gasteiger charge is -2.39. The van der Waals surface area contributed by atoms with Gasteiger partial charge in [-0.25, -0.2) is 8.78 Å². The maximum atomic E-state index is 13.3. The molecule has 1 aromatic heterocycles. The van der Waals surface area contributed by atoms with Crippen LogP contribution in [0.1, 0.15) is 24.5 Å². The standard InChI is InChI=1S/C21H26F2N4O3/c1-2-27-12-16(10-25-27)11-26-3-4-30-21(13-26)8-19(29-14-21)20(28)24-9-15-5-17(22)7-18(23)6-15/h5-7,10,12,19H,2-4,8-9,11,13-14H2,1H3,(H,24,28)/t19-,21-/m0/s1. The van der Waals surface area contributed by atoms with Crippen molar-refractivity contribution in [2.75, 3.05) is 26.3 Å². The number of hydrogen-bond acceptors (Lipinski definition) is 5. The van der Waals surface area contributed by atoms with Gasteiger partial charge in [0, 0.05) is 57.0 Å². The lowest BCUT2D eigenvalue weighted by molar-refractivity contribution is -0.130. The number of amides is 1. The van der Waals surface area contributed by atoms with E-state index >= 15 is 0 Å². The first-order valence-electron chi connectivity index (χ1n) is 10.2. The normalized spacial score (nSPS) is 24.4. The monoisotopic (exact) mass is 420 g/mol. The summed E-state index contributed by atoms with van der Waals surface area (Å²) < 4.78 is 40.3. The van der Waals surface area contributed by atoms with Gasteiger partial charge in [0.2, 0.25) is 5.91 Å². The third-order valence-corrected chi connectivity index (χ3v) is 5.53. The van der Waals surface area contributed by atoms with Crippen LogP contribution >= 0.6 is 0 Å². The molecule has 2 aliphatic rings. The van der Waals surface area contributed by atoms with Gasteiger partial charge in [0.1, 0.15) is 23.3 Å². The Balaban J connectivity index is 1.31. The lowest BCUT2D eigenvalue weighted by Crippen LogP contribution is -2.52. The van der Waals surface area contributed by atoms with Crippen LogP contribution < -0.4 is 5.32 Å². The number of halogens is 2. The number of nitrogens with one attached hydrogen (secondary N) is 1. The quantitative estimate of drug-likeness (QED) is 0.773. The molecule has 0 radical (unpaired) electrons. The van der Waals surface area contributed by atoms with Gasteiger partial charge in [0.05, 0.1) is 19.4 Å². The van der Waals surface area contributed by atoms with Crippen LogP contribution in [0.15, 0.2) is 30.6 Å². The fourth-order valence-electron chi connectivity index (χ4n) is 4.08. The van der Waals surface area contributed by atoms with Gasteiger partial charge in [-0.1, -0.05) is 0 Å². The Kier molecular flexibility index (Phi) is 6.12. The first-order valence-corrected chi connectivity index (χ1v) is 10.2. The van der Waals surface area contributed by atoms with E-state index in [-0.39, 0.29) is 12.5 Å². The molecule has 1 N–H and O–H groups in total. The fourth-order valence-corrected chi connectivity index (χ4v) is 4.08. The maximum absolute atomic E-state index is 13.3. The van der Waals surface area contributed by atoms with Crippen molar-refractivity contribution in [1.82, 2.24) is 20.0 Å². The second-order valence-corrected chi connectivity index (χ2v) is 7.95. The molecule has 30 heavy (non-hydrogen) atoms. The van der Waals surface area contributed by atoms with Crippen molar-refractivity contribution in [1.29, 1.82) is 0 Å². The number of carbonyl (C=O) groups excluding carboxylic acids is 1. The Morgan fingerprint density at radius 1 is 1.30 bits per heavy atom. The highest BCUT2D eigenvalue weighted by Crippen LogP contribution is 2.32. The molecule has 0 aliphatic carbocycles. The first kappa shape index (κ1) is 20.9. The smallest absolute Gasteiger partial charge is 0.249 e. The van der Waals surface area contributed by atoms with Gasteiger partial charge in [-0.15, -0.1) is 0 Å². The Bertz CT molecular complexity index is 886. The molecule has 2 fully saturated rings. The highest BCUT2D eigenvalue weighted by atomic mass is 19.1. The molecule has 2 saturated heterocycles. The summed E-state index contributed by atoms with van der Waals surface area (Å²) in [5, 5.41) is 7.02. The van der Waals surface area contributed by atoms with Crippen molar-refractivity contribution in [2.24, 2.45) is 0 Å². The average molecular weight is 420 g/mol. The molecule has 162 valence electrons. The number of ether oxygens (including phenoxy) is 2. The Hall–Kier alpha value is -2.36. The second-order valence-electron chi connectivity index (χ2n) is 7.95. The predicted octanol–water partition coefficient (Wildman–Crippen LogP) is 1.86. The molecule has 3 heterocycles. The van der Waals surface area contributed by atoms with Crippen molar-refractivity contribution in [2.45, 2.75) is 44.7 Å². The van der Waals surface area contributed by atoms with Crippen molar-refractivity contribution >= 4 is 5.91 Å². The van der Waals surface area contributed by atoms with Gasteiger partial charge in [-0.05, 0) is 24.6 Å². The van der Waals surface area contributed by atoms with Crippen molar-refractivity contribution < 1.29 is 23.0 Å². The molecule has 0 unspecified atom stereocenters. The Morgan fingerprint density at radius 2 is 2.10 bits per heavy atom. The number of hydrogen-bond donors (Lipinski definition) is 1. The zero-order valence-corrected chi connectivity index (χ0v) is 16.9. The van der Waals surface area contributed by atoms with E-state index in [1.165, 1.54) is 12.1 Å². The van der Waals surface area contributed by atoms with Crippen molar-refractivity contribution in [3.8, 4) is 0 Å². The minimum atomic E-state index is -0.671. The van der Waals surface area contributed by atoms with E-state index in [2.05, 4.69) is 15.3 Å². The third-order valence-electron chi connectivity index (χ3n) is 5.53. The van der Waals surface area contributed by atoms with Crippen LogP contribution in [-0.4, -0.2) is 58.6 Å². The summed E-state index contributed by atoms with van der Waals surface area (Å²) in [5.41, 5.74) is 0.983. The highest BCUT2D eigenvalue weighted by Gasteiger charge is 2.46. The van der Waals surface area contributed by atoms with Gasteiger partial charge < -0.3 is 14.8 Å². The van der Waals surface area contributed by atoms with Gasteiger partial charge in [0.15, 0.2) is 0 Å². The van der Waals surface area contributed by atoms with E-state index in [0.29, 0.717) is 31.7 Å². The van der Waals surface area contributed by atoms with Crippen LogP contribution in [0.25, 0.3) is 0 Å². The van der Waals surface area contributed by atoms with E-state index in [0.717, 1.165) is 31.3 Å². The topological polar surface area (TPSA) is 68.6 Å². The van der Waals surface area contributed by atoms with Crippen LogP contribution in [0.4, 0.5) is 8.78 Å². The summed E-state index contributed by atoms with van der Waals surface area (Å²) in [6.45, 7) is 6.07. The largest absolute Gasteiger partial charge is 0.370 e. The van der Waals surface area contributed by atoms with Gasteiger partial charge in [-0.2, -0.15) is 5.10 Å². The minimum Gasteiger partial charge on any atom is -0.370 e. The molecule has 1 aromatic carbocycles. The summed E-state index contributed by atoms with van der Waals surface area (Å²) >= 11 is 0. The van der Waals surface area contributed by atoms with E-state index in [4.69, 9.17) is 9.47 Å². The number of benzene rings is 1. The number of rotatable bonds is 6. The minimum absolute atomic E-state index is 0.0365. The molecule has 2 aromatic rings. The number of morpholine rings is 1. The molecular formula is C21H26F2N4O3. The number of carbonyl (C=O) groups is 1. The third kappa shape index (κ3) is 4.85. The molecule has 1 spiro atoms. The van der Waals surface area contributed by atoms with Crippen LogP contribution in [-0.2, 0) is 33.9 Å². The first-order chi connectivity index (χ1) is 14.4. The molecule has 2 aliphatic heterocycles. The summed E-state index contributed by atoms with van der Waals surface area (Å²) in [6.07, 6.45) is 3.72. The molecule has 7 nitrogen and oxygen atoms in total. The van der Waals surface area contributed by atoms with Crippen molar-refractivity contribution in [3.63, 3.8) is 0 Å². The number of nitrogens with zero attached hydrogens (tertiary/aromatic N) is 3. The van der Waals surface area contributed by atoms with Gasteiger partial charge in [-0.3, -0.25) is 14.4 Å². The molecule has 2 atom stereocenters. The second kappa shape index (κ2) is 8.79. The lowest BCUT2D eigenvalue weighted by atomic mass is 9.97. The van der Waals surface area contributed by atoms with Crippen LogP contribution in [0.2, 0.25) is 0 Å². The summed E-state index contributed by atoms with van der Waals surface area (Å²) in [5.74, 6) is -1.65. The Morgan fingerprint density at radius 3 is 2.83 bits per heavy atom. The average Bonchev–Trinajstić information content (AvgIpc) is 3.33. The summed E-state index contributed by atoms with van der Waals surface area (Å²) in [6, 6.07) is 3.20. The summed E-state index contributed by atoms with van der Waals surface area (Å²) in [7, 11) is 0. The zero-order chi connectivity index (χ0) is 21.1. The van der Waals surface area contributed by atoms with Crippen molar-refractivity contribution in [3.05, 3.63) is 53.4 Å². The van der Waals surface area contributed by atoms with E-state index < -0.39 is 23.3 Å². The van der Waals surface area contributed by atoms with E-state index in [9.17, 15) is 13.6 Å². The van der Waals surface area contributed by atoms with Crippen LogP contribution in [0.3, 0.4) is 0 Å². The van der Waals surface area contributed by atoms with Crippen LogP contribution in [0.5, 0.6) is 0 Å².